The second kappa shape index (κ2) is 4.67. The Bertz CT molecular complexity index is 676. The summed E-state index contributed by atoms with van der Waals surface area (Å²) in [7, 11) is 3.55. The summed E-state index contributed by atoms with van der Waals surface area (Å²) in [5.41, 5.74) is 2.59. The molecule has 5 nitrogen and oxygen atoms in total. The fourth-order valence-corrected chi connectivity index (χ4v) is 2.86. The van der Waals surface area contributed by atoms with Crippen molar-refractivity contribution >= 4 is 5.97 Å². The first-order chi connectivity index (χ1) is 9.63. The first kappa shape index (κ1) is 12.7. The number of fused-ring (bicyclic) bond motifs is 1. The molecule has 1 N–H and O–H groups in total. The lowest BCUT2D eigenvalue weighted by Crippen LogP contribution is -2.08. The second-order valence-electron chi connectivity index (χ2n) is 4.96. The van der Waals surface area contributed by atoms with Crippen LogP contribution in [0.4, 0.5) is 0 Å². The first-order valence-corrected chi connectivity index (χ1v) is 6.55. The number of carboxylic acids is 1. The topological polar surface area (TPSA) is 64.4 Å². The van der Waals surface area contributed by atoms with Crippen LogP contribution >= 0.6 is 0 Å². The van der Waals surface area contributed by atoms with Crippen LogP contribution in [0, 0.1) is 0 Å². The third-order valence-corrected chi connectivity index (χ3v) is 3.89. The lowest BCUT2D eigenvalue weighted by molar-refractivity contribution is -0.138. The summed E-state index contributed by atoms with van der Waals surface area (Å²) in [4.78, 5) is 15.8. The van der Waals surface area contributed by atoms with Gasteiger partial charge >= 0.3 is 5.97 Å². The van der Waals surface area contributed by atoms with Crippen LogP contribution in [0.15, 0.2) is 24.3 Å². The predicted octanol–water partition coefficient (Wildman–Crippen LogP) is 2.21. The van der Waals surface area contributed by atoms with Crippen LogP contribution in [0.1, 0.15) is 23.7 Å². The van der Waals surface area contributed by atoms with Crippen molar-refractivity contribution in [3.8, 4) is 17.1 Å². The number of carboxylic acid groups (broad SMARTS) is 1. The standard InChI is InChI=1S/C15H16N2O3/c1-17-11-8-7-10(15(18)19)13(11)16-14(17)9-5-3-4-6-12(9)20-2/h3-6,10H,7-8H2,1-2H3,(H,18,19). The minimum Gasteiger partial charge on any atom is -0.496 e. The second-order valence-corrected chi connectivity index (χ2v) is 4.96. The Morgan fingerprint density at radius 2 is 2.20 bits per heavy atom. The average Bonchev–Trinajstić information content (AvgIpc) is 2.99. The Kier molecular flexibility index (Phi) is 2.97. The molecule has 3 rings (SSSR count). The molecule has 1 aromatic carbocycles. The van der Waals surface area contributed by atoms with Gasteiger partial charge in [0, 0.05) is 12.7 Å². The molecule has 1 aliphatic rings. The Labute approximate surface area is 116 Å². The predicted molar refractivity (Wildman–Crippen MR) is 73.9 cm³/mol. The maximum atomic E-state index is 11.3. The SMILES string of the molecule is COc1ccccc1-c1nc2c(n1C)CCC2C(=O)O. The molecule has 104 valence electrons. The van der Waals surface area contributed by atoms with E-state index >= 15 is 0 Å². The van der Waals surface area contributed by atoms with Gasteiger partial charge in [0.2, 0.25) is 0 Å². The van der Waals surface area contributed by atoms with Crippen LogP contribution < -0.4 is 4.74 Å². The van der Waals surface area contributed by atoms with Crippen molar-refractivity contribution in [2.75, 3.05) is 7.11 Å². The van der Waals surface area contributed by atoms with Crippen LogP contribution in [-0.4, -0.2) is 27.7 Å². The zero-order valence-corrected chi connectivity index (χ0v) is 11.5. The molecule has 0 radical (unpaired) electrons. The molecule has 0 spiro atoms. The number of benzene rings is 1. The number of para-hydroxylation sites is 1. The summed E-state index contributed by atoms with van der Waals surface area (Å²) < 4.78 is 7.34. The van der Waals surface area contributed by atoms with Gasteiger partial charge in [-0.3, -0.25) is 4.79 Å². The molecule has 0 fully saturated rings. The van der Waals surface area contributed by atoms with Gasteiger partial charge in [0.25, 0.3) is 0 Å². The number of aromatic nitrogens is 2. The molecular weight excluding hydrogens is 256 g/mol. The molecule has 1 heterocycles. The third kappa shape index (κ3) is 1.78. The van der Waals surface area contributed by atoms with E-state index in [0.717, 1.165) is 29.3 Å². The summed E-state index contributed by atoms with van der Waals surface area (Å²) in [6.07, 6.45) is 1.39. The van der Waals surface area contributed by atoms with E-state index in [9.17, 15) is 9.90 Å². The number of rotatable bonds is 3. The maximum absolute atomic E-state index is 11.3. The van der Waals surface area contributed by atoms with E-state index in [4.69, 9.17) is 4.74 Å². The number of imidazole rings is 1. The van der Waals surface area contributed by atoms with E-state index in [-0.39, 0.29) is 0 Å². The highest BCUT2D eigenvalue weighted by molar-refractivity contribution is 5.78. The third-order valence-electron chi connectivity index (χ3n) is 3.89. The molecule has 0 saturated carbocycles. The van der Waals surface area contributed by atoms with Gasteiger partial charge in [-0.25, -0.2) is 4.98 Å². The van der Waals surface area contributed by atoms with Crippen LogP contribution in [0.25, 0.3) is 11.4 Å². The molecule has 1 unspecified atom stereocenters. The van der Waals surface area contributed by atoms with E-state index in [2.05, 4.69) is 4.98 Å². The smallest absolute Gasteiger partial charge is 0.312 e. The van der Waals surface area contributed by atoms with E-state index in [1.807, 2.05) is 35.9 Å². The molecule has 1 atom stereocenters. The summed E-state index contributed by atoms with van der Waals surface area (Å²) in [6.45, 7) is 0. The number of hydrogen-bond donors (Lipinski definition) is 1. The van der Waals surface area contributed by atoms with Gasteiger partial charge < -0.3 is 14.4 Å². The highest BCUT2D eigenvalue weighted by Crippen LogP contribution is 2.37. The number of methoxy groups -OCH3 is 1. The van der Waals surface area contributed by atoms with E-state index in [0.29, 0.717) is 12.1 Å². The molecule has 0 bridgehead atoms. The largest absolute Gasteiger partial charge is 0.496 e. The van der Waals surface area contributed by atoms with Crippen molar-refractivity contribution in [3.63, 3.8) is 0 Å². The normalized spacial score (nSPS) is 17.0. The minimum absolute atomic E-state index is 0.486. The molecule has 1 aliphatic carbocycles. The lowest BCUT2D eigenvalue weighted by atomic mass is 10.1. The average molecular weight is 272 g/mol. The van der Waals surface area contributed by atoms with Gasteiger partial charge in [0.05, 0.1) is 18.4 Å². The molecule has 1 aromatic heterocycles. The summed E-state index contributed by atoms with van der Waals surface area (Å²) >= 11 is 0. The number of carbonyl (C=O) groups is 1. The maximum Gasteiger partial charge on any atom is 0.312 e. The molecule has 5 heteroatoms. The zero-order valence-electron chi connectivity index (χ0n) is 11.5. The van der Waals surface area contributed by atoms with Crippen molar-refractivity contribution in [2.24, 2.45) is 7.05 Å². The van der Waals surface area contributed by atoms with E-state index in [1.54, 1.807) is 7.11 Å². The van der Waals surface area contributed by atoms with Gasteiger partial charge in [-0.2, -0.15) is 0 Å². The highest BCUT2D eigenvalue weighted by atomic mass is 16.5. The van der Waals surface area contributed by atoms with Crippen molar-refractivity contribution in [2.45, 2.75) is 18.8 Å². The molecule has 0 saturated heterocycles. The van der Waals surface area contributed by atoms with Gasteiger partial charge in [-0.15, -0.1) is 0 Å². The summed E-state index contributed by atoms with van der Waals surface area (Å²) in [5, 5.41) is 9.26. The fraction of sp³-hybridized carbons (Fsp3) is 0.333. The van der Waals surface area contributed by atoms with Gasteiger partial charge in [-0.05, 0) is 25.0 Å². The van der Waals surface area contributed by atoms with E-state index in [1.165, 1.54) is 0 Å². The van der Waals surface area contributed by atoms with Crippen molar-refractivity contribution in [1.29, 1.82) is 0 Å². The Balaban J connectivity index is 2.13. The van der Waals surface area contributed by atoms with Crippen LogP contribution in [0.5, 0.6) is 5.75 Å². The molecule has 20 heavy (non-hydrogen) atoms. The fourth-order valence-electron chi connectivity index (χ4n) is 2.86. The molecular formula is C15H16N2O3. The number of nitrogens with zero attached hydrogens (tertiary/aromatic N) is 2. The lowest BCUT2D eigenvalue weighted by Gasteiger charge is -2.09. The van der Waals surface area contributed by atoms with Crippen LogP contribution in [0.3, 0.4) is 0 Å². The van der Waals surface area contributed by atoms with Crippen molar-refractivity contribution < 1.29 is 14.6 Å². The Morgan fingerprint density at radius 1 is 1.45 bits per heavy atom. The van der Waals surface area contributed by atoms with Crippen LogP contribution in [0.2, 0.25) is 0 Å². The monoisotopic (exact) mass is 272 g/mol. The Hall–Kier alpha value is -2.30. The summed E-state index contributed by atoms with van der Waals surface area (Å²) in [6, 6.07) is 7.64. The first-order valence-electron chi connectivity index (χ1n) is 6.55. The van der Waals surface area contributed by atoms with Gasteiger partial charge in [-0.1, -0.05) is 12.1 Å². The summed E-state index contributed by atoms with van der Waals surface area (Å²) in [5.74, 6) is 0.220. The quantitative estimate of drug-likeness (QED) is 0.930. The zero-order chi connectivity index (χ0) is 14.3. The minimum atomic E-state index is -0.798. The number of hydrogen-bond acceptors (Lipinski definition) is 3. The van der Waals surface area contributed by atoms with Crippen molar-refractivity contribution in [1.82, 2.24) is 9.55 Å². The Morgan fingerprint density at radius 3 is 2.90 bits per heavy atom. The molecule has 0 aliphatic heterocycles. The highest BCUT2D eigenvalue weighted by Gasteiger charge is 2.34. The number of aliphatic carboxylic acids is 1. The van der Waals surface area contributed by atoms with Gasteiger partial charge in [0.1, 0.15) is 17.5 Å². The van der Waals surface area contributed by atoms with E-state index < -0.39 is 11.9 Å². The van der Waals surface area contributed by atoms with Crippen molar-refractivity contribution in [3.05, 3.63) is 35.7 Å². The molecule has 0 amide bonds. The number of ether oxygens (including phenoxy) is 1. The molecule has 2 aromatic rings. The van der Waals surface area contributed by atoms with Crippen LogP contribution in [-0.2, 0) is 18.3 Å². The van der Waals surface area contributed by atoms with Gasteiger partial charge in [0.15, 0.2) is 0 Å².